The molecule has 1 aromatic rings. The molecule has 1 aliphatic rings. The van der Waals surface area contributed by atoms with Gasteiger partial charge in [-0.05, 0) is 13.3 Å². The first-order valence-corrected chi connectivity index (χ1v) is 7.36. The zero-order valence-electron chi connectivity index (χ0n) is 12.8. The van der Waals surface area contributed by atoms with Crippen LogP contribution < -0.4 is 5.32 Å². The van der Waals surface area contributed by atoms with Crippen LogP contribution in [0.15, 0.2) is 25.0 Å². The van der Waals surface area contributed by atoms with Gasteiger partial charge in [-0.2, -0.15) is 0 Å². The van der Waals surface area contributed by atoms with Crippen molar-refractivity contribution in [3.8, 4) is 0 Å². The number of hydrogen-bond donors (Lipinski definition) is 1. The Morgan fingerprint density at radius 3 is 3.19 bits per heavy atom. The quantitative estimate of drug-likeness (QED) is 0.624. The van der Waals surface area contributed by atoms with Crippen molar-refractivity contribution in [2.75, 3.05) is 26.2 Å². The molecule has 116 valence electrons. The molecule has 1 saturated heterocycles. The van der Waals surface area contributed by atoms with Crippen LogP contribution in [0.3, 0.4) is 0 Å². The molecule has 1 aliphatic heterocycles. The van der Waals surface area contributed by atoms with Crippen LogP contribution in [0.1, 0.15) is 25.2 Å². The van der Waals surface area contributed by atoms with Crippen LogP contribution in [0.25, 0.3) is 0 Å². The smallest absolute Gasteiger partial charge is 0.252 e. The molecule has 0 bridgehead atoms. The van der Waals surface area contributed by atoms with Gasteiger partial charge in [0.1, 0.15) is 18.0 Å². The molecule has 2 unspecified atom stereocenters. The average Bonchev–Trinajstić information content (AvgIpc) is 2.92. The standard InChI is InChI=1S/C15H24N4O2/c1-4-5-10-21-12(2)15(20)19-9-6-16-11-13(19)14-17-7-8-18(14)3/h4,7-8,12-13,16H,1,5-6,9-11H2,2-3H3. The number of aromatic nitrogens is 2. The maximum absolute atomic E-state index is 12.6. The minimum absolute atomic E-state index is 0.0218. The number of carbonyl (C=O) groups excluding carboxylic acids is 1. The SMILES string of the molecule is C=CCCOC(C)C(=O)N1CCNCC1c1nccn1C. The first-order valence-electron chi connectivity index (χ1n) is 7.36. The van der Waals surface area contributed by atoms with E-state index >= 15 is 0 Å². The summed E-state index contributed by atoms with van der Waals surface area (Å²) in [4.78, 5) is 18.9. The molecule has 6 nitrogen and oxygen atoms in total. The molecule has 0 radical (unpaired) electrons. The van der Waals surface area contributed by atoms with Gasteiger partial charge in [0.2, 0.25) is 0 Å². The molecule has 2 heterocycles. The highest BCUT2D eigenvalue weighted by atomic mass is 16.5. The molecular weight excluding hydrogens is 268 g/mol. The van der Waals surface area contributed by atoms with Crippen molar-refractivity contribution in [2.45, 2.75) is 25.5 Å². The summed E-state index contributed by atoms with van der Waals surface area (Å²) in [5, 5.41) is 3.33. The summed E-state index contributed by atoms with van der Waals surface area (Å²) < 4.78 is 7.54. The molecule has 6 heteroatoms. The number of amides is 1. The zero-order valence-corrected chi connectivity index (χ0v) is 12.8. The molecule has 0 aliphatic carbocycles. The normalized spacial score (nSPS) is 20.3. The van der Waals surface area contributed by atoms with Gasteiger partial charge in [-0.25, -0.2) is 4.98 Å². The van der Waals surface area contributed by atoms with E-state index in [0.717, 1.165) is 25.3 Å². The lowest BCUT2D eigenvalue weighted by Crippen LogP contribution is -2.52. The van der Waals surface area contributed by atoms with Gasteiger partial charge in [-0.1, -0.05) is 6.08 Å². The molecule has 1 N–H and O–H groups in total. The molecular formula is C15H24N4O2. The van der Waals surface area contributed by atoms with E-state index in [1.54, 1.807) is 12.3 Å². The van der Waals surface area contributed by atoms with Gasteiger partial charge in [-0.3, -0.25) is 4.79 Å². The summed E-state index contributed by atoms with van der Waals surface area (Å²) in [6, 6.07) is -0.0447. The van der Waals surface area contributed by atoms with Crippen LogP contribution in [-0.4, -0.2) is 52.7 Å². The van der Waals surface area contributed by atoms with Crippen LogP contribution in [-0.2, 0) is 16.6 Å². The Balaban J connectivity index is 2.06. The second-order valence-electron chi connectivity index (χ2n) is 5.24. The third-order valence-corrected chi connectivity index (χ3v) is 3.72. The fourth-order valence-corrected chi connectivity index (χ4v) is 2.53. The molecule has 0 saturated carbocycles. The highest BCUT2D eigenvalue weighted by Crippen LogP contribution is 2.21. The molecule has 1 amide bonds. The zero-order chi connectivity index (χ0) is 15.2. The van der Waals surface area contributed by atoms with E-state index in [0.29, 0.717) is 13.2 Å². The second kappa shape index (κ2) is 7.38. The summed E-state index contributed by atoms with van der Waals surface area (Å²) in [5.74, 6) is 0.919. The lowest BCUT2D eigenvalue weighted by molar-refractivity contribution is -0.146. The highest BCUT2D eigenvalue weighted by molar-refractivity contribution is 5.81. The van der Waals surface area contributed by atoms with E-state index in [9.17, 15) is 4.79 Å². The molecule has 2 rings (SSSR count). The first-order chi connectivity index (χ1) is 10.1. The van der Waals surface area contributed by atoms with Crippen molar-refractivity contribution >= 4 is 5.91 Å². The van der Waals surface area contributed by atoms with E-state index in [1.165, 1.54) is 0 Å². The fourth-order valence-electron chi connectivity index (χ4n) is 2.53. The number of nitrogens with zero attached hydrogens (tertiary/aromatic N) is 3. The van der Waals surface area contributed by atoms with Crippen molar-refractivity contribution in [1.82, 2.24) is 19.8 Å². The van der Waals surface area contributed by atoms with Gasteiger partial charge in [0.05, 0.1) is 6.61 Å². The second-order valence-corrected chi connectivity index (χ2v) is 5.24. The molecule has 21 heavy (non-hydrogen) atoms. The Kier molecular flexibility index (Phi) is 5.52. The van der Waals surface area contributed by atoms with Gasteiger partial charge < -0.3 is 19.5 Å². The summed E-state index contributed by atoms with van der Waals surface area (Å²) in [6.07, 6.45) is 5.76. The van der Waals surface area contributed by atoms with Crippen LogP contribution in [0.4, 0.5) is 0 Å². The number of nitrogens with one attached hydrogen (secondary N) is 1. The predicted octanol–water partition coefficient (Wildman–Crippen LogP) is 0.874. The Bertz CT molecular complexity index is 486. The van der Waals surface area contributed by atoms with Crippen molar-refractivity contribution in [3.05, 3.63) is 30.9 Å². The van der Waals surface area contributed by atoms with E-state index in [2.05, 4.69) is 16.9 Å². The number of hydrogen-bond acceptors (Lipinski definition) is 4. The van der Waals surface area contributed by atoms with Crippen molar-refractivity contribution in [3.63, 3.8) is 0 Å². The van der Waals surface area contributed by atoms with E-state index in [1.807, 2.05) is 29.6 Å². The summed E-state index contributed by atoms with van der Waals surface area (Å²) in [5.41, 5.74) is 0. The Labute approximate surface area is 125 Å². The molecule has 0 spiro atoms. The van der Waals surface area contributed by atoms with E-state index < -0.39 is 6.10 Å². The van der Waals surface area contributed by atoms with Gasteiger partial charge in [0.25, 0.3) is 5.91 Å². The summed E-state index contributed by atoms with van der Waals surface area (Å²) in [6.45, 7) is 8.17. The maximum atomic E-state index is 12.6. The van der Waals surface area contributed by atoms with E-state index in [4.69, 9.17) is 4.74 Å². The van der Waals surface area contributed by atoms with E-state index in [-0.39, 0.29) is 11.9 Å². The Morgan fingerprint density at radius 2 is 2.52 bits per heavy atom. The molecule has 0 aromatic carbocycles. The lowest BCUT2D eigenvalue weighted by Gasteiger charge is -2.37. The average molecular weight is 292 g/mol. The predicted molar refractivity (Wildman–Crippen MR) is 80.8 cm³/mol. The third kappa shape index (κ3) is 3.71. The maximum Gasteiger partial charge on any atom is 0.252 e. The lowest BCUT2D eigenvalue weighted by atomic mass is 10.1. The van der Waals surface area contributed by atoms with Crippen LogP contribution in [0, 0.1) is 0 Å². The minimum atomic E-state index is -0.439. The highest BCUT2D eigenvalue weighted by Gasteiger charge is 2.32. The largest absolute Gasteiger partial charge is 0.368 e. The number of piperazine rings is 1. The first kappa shape index (κ1) is 15.7. The minimum Gasteiger partial charge on any atom is -0.368 e. The topological polar surface area (TPSA) is 59.4 Å². The van der Waals surface area contributed by atoms with Gasteiger partial charge in [0, 0.05) is 39.1 Å². The van der Waals surface area contributed by atoms with Gasteiger partial charge in [-0.15, -0.1) is 6.58 Å². The van der Waals surface area contributed by atoms with Crippen molar-refractivity contribution in [2.24, 2.45) is 7.05 Å². The molecule has 1 aromatic heterocycles. The number of imidazole rings is 1. The number of aryl methyl sites for hydroxylation is 1. The Hall–Kier alpha value is -1.66. The number of carbonyl (C=O) groups is 1. The third-order valence-electron chi connectivity index (χ3n) is 3.72. The monoisotopic (exact) mass is 292 g/mol. The summed E-state index contributed by atoms with van der Waals surface area (Å²) in [7, 11) is 1.95. The van der Waals surface area contributed by atoms with Crippen molar-refractivity contribution < 1.29 is 9.53 Å². The molecule has 2 atom stereocenters. The van der Waals surface area contributed by atoms with Crippen LogP contribution >= 0.6 is 0 Å². The van der Waals surface area contributed by atoms with Crippen LogP contribution in [0.2, 0.25) is 0 Å². The number of rotatable bonds is 6. The Morgan fingerprint density at radius 1 is 1.71 bits per heavy atom. The fraction of sp³-hybridized carbons (Fsp3) is 0.600. The van der Waals surface area contributed by atoms with Crippen molar-refractivity contribution in [1.29, 1.82) is 0 Å². The van der Waals surface area contributed by atoms with Gasteiger partial charge >= 0.3 is 0 Å². The summed E-state index contributed by atoms with van der Waals surface area (Å²) >= 11 is 0. The van der Waals surface area contributed by atoms with Gasteiger partial charge in [0.15, 0.2) is 0 Å². The molecule has 1 fully saturated rings. The van der Waals surface area contributed by atoms with Crippen LogP contribution in [0.5, 0.6) is 0 Å². The number of ether oxygens (including phenoxy) is 1.